The van der Waals surface area contributed by atoms with Gasteiger partial charge in [0, 0.05) is 5.69 Å². The van der Waals surface area contributed by atoms with Crippen LogP contribution in [0.2, 0.25) is 0 Å². The van der Waals surface area contributed by atoms with Crippen LogP contribution < -0.4 is 16.4 Å². The van der Waals surface area contributed by atoms with Gasteiger partial charge in [0.1, 0.15) is 0 Å². The monoisotopic (exact) mass is 269 g/mol. The van der Waals surface area contributed by atoms with Crippen LogP contribution in [-0.4, -0.2) is 11.8 Å². The van der Waals surface area contributed by atoms with E-state index in [2.05, 4.69) is 10.6 Å². The smallest absolute Gasteiger partial charge is 0.314 e. The Hall–Kier alpha value is -2.82. The summed E-state index contributed by atoms with van der Waals surface area (Å²) in [6.45, 7) is 1.87. The Balaban J connectivity index is 2.04. The number of para-hydroxylation sites is 1. The van der Waals surface area contributed by atoms with E-state index in [1.54, 1.807) is 36.4 Å². The van der Waals surface area contributed by atoms with E-state index in [0.29, 0.717) is 17.1 Å². The minimum atomic E-state index is -0.758. The molecule has 0 saturated heterocycles. The van der Waals surface area contributed by atoms with Gasteiger partial charge in [0.25, 0.3) is 0 Å². The number of hydrogen-bond acceptors (Lipinski definition) is 3. The zero-order valence-electron chi connectivity index (χ0n) is 11.0. The van der Waals surface area contributed by atoms with Crippen molar-refractivity contribution in [3.8, 4) is 0 Å². The number of hydrogen-bond donors (Lipinski definition) is 3. The molecule has 0 aromatic heterocycles. The van der Waals surface area contributed by atoms with E-state index in [-0.39, 0.29) is 0 Å². The van der Waals surface area contributed by atoms with Gasteiger partial charge in [0.2, 0.25) is 0 Å². The molecule has 0 unspecified atom stereocenters. The average molecular weight is 269 g/mol. The fourth-order valence-corrected chi connectivity index (χ4v) is 1.67. The van der Waals surface area contributed by atoms with Crippen molar-refractivity contribution in [3.63, 3.8) is 0 Å². The van der Waals surface area contributed by atoms with Gasteiger partial charge in [-0.25, -0.2) is 0 Å². The Labute approximate surface area is 116 Å². The minimum Gasteiger partial charge on any atom is -0.397 e. The third kappa shape index (κ3) is 3.35. The summed E-state index contributed by atoms with van der Waals surface area (Å²) in [5.74, 6) is -1.50. The fraction of sp³-hybridized carbons (Fsp3) is 0.0667. The van der Waals surface area contributed by atoms with Crippen molar-refractivity contribution >= 4 is 28.9 Å². The number of carbonyl (C=O) groups excluding carboxylic acids is 2. The van der Waals surface area contributed by atoms with E-state index in [1.165, 1.54) is 0 Å². The molecule has 2 aromatic rings. The second kappa shape index (κ2) is 5.88. The number of carbonyl (C=O) groups is 2. The maximum atomic E-state index is 11.8. The van der Waals surface area contributed by atoms with Crippen molar-refractivity contribution < 1.29 is 9.59 Å². The number of amides is 2. The summed E-state index contributed by atoms with van der Waals surface area (Å²) in [4.78, 5) is 23.6. The summed E-state index contributed by atoms with van der Waals surface area (Å²) in [6, 6.07) is 14.0. The van der Waals surface area contributed by atoms with Crippen LogP contribution in [0.1, 0.15) is 5.56 Å². The first-order valence-corrected chi connectivity index (χ1v) is 6.10. The quantitative estimate of drug-likeness (QED) is 0.577. The molecule has 0 aliphatic rings. The lowest BCUT2D eigenvalue weighted by atomic mass is 10.2. The molecule has 0 radical (unpaired) electrons. The number of nitrogens with two attached hydrogens (primary N) is 1. The molecule has 2 rings (SSSR count). The molecule has 0 heterocycles. The van der Waals surface area contributed by atoms with Crippen LogP contribution in [0.3, 0.4) is 0 Å². The molecule has 102 valence electrons. The van der Waals surface area contributed by atoms with Gasteiger partial charge in [-0.1, -0.05) is 24.3 Å². The first-order valence-electron chi connectivity index (χ1n) is 6.10. The number of benzene rings is 2. The molecule has 5 heteroatoms. The zero-order chi connectivity index (χ0) is 14.5. The third-order valence-electron chi connectivity index (χ3n) is 2.69. The van der Waals surface area contributed by atoms with Crippen molar-refractivity contribution in [1.29, 1.82) is 0 Å². The fourth-order valence-electron chi connectivity index (χ4n) is 1.67. The lowest BCUT2D eigenvalue weighted by molar-refractivity contribution is -0.132. The van der Waals surface area contributed by atoms with Gasteiger partial charge in [-0.15, -0.1) is 0 Å². The molecule has 20 heavy (non-hydrogen) atoms. The Kier molecular flexibility index (Phi) is 4.00. The van der Waals surface area contributed by atoms with E-state index in [4.69, 9.17) is 5.73 Å². The lowest BCUT2D eigenvalue weighted by Crippen LogP contribution is -2.29. The second-order valence-electron chi connectivity index (χ2n) is 4.36. The highest BCUT2D eigenvalue weighted by Gasteiger charge is 2.15. The summed E-state index contributed by atoms with van der Waals surface area (Å²) in [6.07, 6.45) is 0. The predicted molar refractivity (Wildman–Crippen MR) is 79.3 cm³/mol. The molecule has 0 aliphatic heterocycles. The van der Waals surface area contributed by atoms with Gasteiger partial charge in [-0.3, -0.25) is 9.59 Å². The van der Waals surface area contributed by atoms with Crippen molar-refractivity contribution in [3.05, 3.63) is 54.1 Å². The van der Waals surface area contributed by atoms with E-state index >= 15 is 0 Å². The first-order chi connectivity index (χ1) is 9.56. The molecule has 0 fully saturated rings. The summed E-state index contributed by atoms with van der Waals surface area (Å²) in [5.41, 5.74) is 8.09. The summed E-state index contributed by atoms with van der Waals surface area (Å²) in [5, 5.41) is 5.00. The average Bonchev–Trinajstić information content (AvgIpc) is 2.44. The topological polar surface area (TPSA) is 84.2 Å². The van der Waals surface area contributed by atoms with Crippen molar-refractivity contribution in [2.75, 3.05) is 16.4 Å². The van der Waals surface area contributed by atoms with Crippen LogP contribution in [-0.2, 0) is 9.59 Å². The molecular formula is C15H15N3O2. The minimum absolute atomic E-state index is 0.413. The molecular weight excluding hydrogens is 254 g/mol. The standard InChI is InChI=1S/C15H15N3O2/c1-10-7-8-12(16)13(9-10)18-15(20)14(19)17-11-5-3-2-4-6-11/h2-9H,16H2,1H3,(H,17,19)(H,18,20). The van der Waals surface area contributed by atoms with Gasteiger partial charge in [0.05, 0.1) is 11.4 Å². The van der Waals surface area contributed by atoms with Crippen LogP contribution >= 0.6 is 0 Å². The number of aryl methyl sites for hydroxylation is 1. The highest BCUT2D eigenvalue weighted by molar-refractivity contribution is 6.43. The SMILES string of the molecule is Cc1ccc(N)c(NC(=O)C(=O)Nc2ccccc2)c1. The van der Waals surface area contributed by atoms with Gasteiger partial charge in [-0.05, 0) is 36.8 Å². The summed E-state index contributed by atoms with van der Waals surface area (Å²) < 4.78 is 0. The Morgan fingerprint density at radius 1 is 0.950 bits per heavy atom. The predicted octanol–water partition coefficient (Wildman–Crippen LogP) is 2.15. The zero-order valence-corrected chi connectivity index (χ0v) is 11.0. The molecule has 4 N–H and O–H groups in total. The largest absolute Gasteiger partial charge is 0.397 e. The number of nitrogens with one attached hydrogen (secondary N) is 2. The normalized spacial score (nSPS) is 9.85. The van der Waals surface area contributed by atoms with Crippen LogP contribution in [0, 0.1) is 6.92 Å². The van der Waals surface area contributed by atoms with Gasteiger partial charge < -0.3 is 16.4 Å². The van der Waals surface area contributed by atoms with Gasteiger partial charge in [0.15, 0.2) is 0 Å². The Bertz CT molecular complexity index is 639. The maximum Gasteiger partial charge on any atom is 0.314 e. The second-order valence-corrected chi connectivity index (χ2v) is 4.36. The van der Waals surface area contributed by atoms with Crippen molar-refractivity contribution in [2.45, 2.75) is 6.92 Å². The van der Waals surface area contributed by atoms with Crippen molar-refractivity contribution in [2.24, 2.45) is 0 Å². The van der Waals surface area contributed by atoms with Crippen LogP contribution in [0.5, 0.6) is 0 Å². The van der Waals surface area contributed by atoms with E-state index < -0.39 is 11.8 Å². The highest BCUT2D eigenvalue weighted by atomic mass is 16.2. The molecule has 0 bridgehead atoms. The van der Waals surface area contributed by atoms with E-state index in [1.807, 2.05) is 19.1 Å². The van der Waals surface area contributed by atoms with Gasteiger partial charge in [-0.2, -0.15) is 0 Å². The molecule has 0 aliphatic carbocycles. The maximum absolute atomic E-state index is 11.8. The van der Waals surface area contributed by atoms with Crippen LogP contribution in [0.4, 0.5) is 17.1 Å². The summed E-state index contributed by atoms with van der Waals surface area (Å²) in [7, 11) is 0. The lowest BCUT2D eigenvalue weighted by Gasteiger charge is -2.09. The van der Waals surface area contributed by atoms with E-state index in [9.17, 15) is 9.59 Å². The Morgan fingerprint density at radius 2 is 1.60 bits per heavy atom. The molecule has 2 aromatic carbocycles. The molecule has 2 amide bonds. The molecule has 0 atom stereocenters. The highest BCUT2D eigenvalue weighted by Crippen LogP contribution is 2.19. The van der Waals surface area contributed by atoms with Gasteiger partial charge >= 0.3 is 11.8 Å². The molecule has 5 nitrogen and oxygen atoms in total. The number of rotatable bonds is 2. The van der Waals surface area contributed by atoms with E-state index in [0.717, 1.165) is 5.56 Å². The third-order valence-corrected chi connectivity index (χ3v) is 2.69. The van der Waals surface area contributed by atoms with Crippen LogP contribution in [0.15, 0.2) is 48.5 Å². The van der Waals surface area contributed by atoms with Crippen LogP contribution in [0.25, 0.3) is 0 Å². The number of nitrogen functional groups attached to an aromatic ring is 1. The Morgan fingerprint density at radius 3 is 2.30 bits per heavy atom. The number of anilines is 3. The molecule has 0 spiro atoms. The van der Waals surface area contributed by atoms with Crippen molar-refractivity contribution in [1.82, 2.24) is 0 Å². The molecule has 0 saturated carbocycles. The summed E-state index contributed by atoms with van der Waals surface area (Å²) >= 11 is 0. The first kappa shape index (κ1) is 13.6.